The van der Waals surface area contributed by atoms with E-state index in [0.717, 1.165) is 10.0 Å². The predicted octanol–water partition coefficient (Wildman–Crippen LogP) is 1.93. The van der Waals surface area contributed by atoms with Crippen LogP contribution < -0.4 is 0 Å². The molecule has 0 aliphatic rings. The van der Waals surface area contributed by atoms with Crippen LogP contribution in [0.25, 0.3) is 0 Å². The molecule has 1 aromatic rings. The minimum Gasteiger partial charge on any atom is -0.308 e. The summed E-state index contributed by atoms with van der Waals surface area (Å²) >= 11 is 3.32. The van der Waals surface area contributed by atoms with E-state index in [0.29, 0.717) is 6.54 Å². The predicted molar refractivity (Wildman–Crippen MR) is 70.2 cm³/mol. The van der Waals surface area contributed by atoms with Crippen LogP contribution in [0.5, 0.6) is 0 Å². The minimum atomic E-state index is -3.00. The van der Waals surface area contributed by atoms with Gasteiger partial charge in [-0.2, -0.15) is 0 Å². The summed E-state index contributed by atoms with van der Waals surface area (Å²) in [5.41, 5.74) is 0.835. The van der Waals surface area contributed by atoms with Crippen molar-refractivity contribution >= 4 is 25.8 Å². The highest BCUT2D eigenvalue weighted by molar-refractivity contribution is 9.10. The van der Waals surface area contributed by atoms with Crippen molar-refractivity contribution in [1.82, 2.24) is 4.90 Å². The van der Waals surface area contributed by atoms with E-state index in [1.807, 2.05) is 43.3 Å². The maximum atomic E-state index is 11.8. The molecule has 0 atom stereocenters. The quantitative estimate of drug-likeness (QED) is 0.834. The normalized spacial score (nSPS) is 12.0. The van der Waals surface area contributed by atoms with Gasteiger partial charge in [0.2, 0.25) is 0 Å². The van der Waals surface area contributed by atoms with Gasteiger partial charge in [0.15, 0.2) is 9.84 Å². The molecule has 3 nitrogen and oxygen atoms in total. The van der Waals surface area contributed by atoms with Crippen molar-refractivity contribution in [2.75, 3.05) is 26.4 Å². The average molecular weight is 306 g/mol. The summed E-state index contributed by atoms with van der Waals surface area (Å²) in [6, 6.07) is 7.38. The summed E-state index contributed by atoms with van der Waals surface area (Å²) in [6.07, 6.45) is 0. The molecule has 16 heavy (non-hydrogen) atoms. The second kappa shape index (κ2) is 5.80. The Labute approximate surface area is 106 Å². The van der Waals surface area contributed by atoms with Crippen LogP contribution in [0.3, 0.4) is 0 Å². The van der Waals surface area contributed by atoms with Crippen LogP contribution in [0.2, 0.25) is 0 Å². The number of hydrogen-bond donors (Lipinski definition) is 0. The van der Waals surface area contributed by atoms with Crippen molar-refractivity contribution in [2.45, 2.75) is 5.75 Å². The topological polar surface area (TPSA) is 37.4 Å². The molecule has 1 aromatic carbocycles. The molecule has 0 amide bonds. The van der Waals surface area contributed by atoms with E-state index in [2.05, 4.69) is 15.9 Å². The van der Waals surface area contributed by atoms with Crippen LogP contribution in [-0.4, -0.2) is 39.7 Å². The second-order valence-corrected chi connectivity index (χ2v) is 7.12. The van der Waals surface area contributed by atoms with E-state index in [4.69, 9.17) is 0 Å². The summed E-state index contributed by atoms with van der Waals surface area (Å²) in [6.45, 7) is 0.568. The first-order valence-electron chi connectivity index (χ1n) is 4.99. The van der Waals surface area contributed by atoms with Gasteiger partial charge >= 0.3 is 0 Å². The Balaban J connectivity index is 2.62. The standard InChI is InChI=1S/C11H16BrNO2S/c1-13(2)7-8-16(14,15)9-10-3-5-11(12)6-4-10/h3-6H,7-9H2,1-2H3. The third kappa shape index (κ3) is 5.09. The van der Waals surface area contributed by atoms with Crippen molar-refractivity contribution < 1.29 is 8.42 Å². The highest BCUT2D eigenvalue weighted by Gasteiger charge is 2.12. The molecular formula is C11H16BrNO2S. The molecule has 0 saturated heterocycles. The van der Waals surface area contributed by atoms with E-state index in [9.17, 15) is 8.42 Å². The van der Waals surface area contributed by atoms with Gasteiger partial charge in [0.1, 0.15) is 0 Å². The smallest absolute Gasteiger partial charge is 0.155 e. The third-order valence-corrected chi connectivity index (χ3v) is 4.26. The molecule has 0 radical (unpaired) electrons. The molecule has 0 bridgehead atoms. The number of sulfone groups is 1. The SMILES string of the molecule is CN(C)CCS(=O)(=O)Cc1ccc(Br)cc1. The van der Waals surface area contributed by atoms with Gasteiger partial charge in [-0.15, -0.1) is 0 Å². The van der Waals surface area contributed by atoms with Crippen molar-refractivity contribution in [3.8, 4) is 0 Å². The lowest BCUT2D eigenvalue weighted by Crippen LogP contribution is -2.22. The Morgan fingerprint density at radius 3 is 2.25 bits per heavy atom. The average Bonchev–Trinajstić information content (AvgIpc) is 2.19. The Kier molecular flexibility index (Phi) is 4.95. The summed E-state index contributed by atoms with van der Waals surface area (Å²) in [7, 11) is 0.741. The lowest BCUT2D eigenvalue weighted by Gasteiger charge is -2.09. The highest BCUT2D eigenvalue weighted by Crippen LogP contribution is 2.13. The molecule has 5 heteroatoms. The molecule has 1 rings (SSSR count). The summed E-state index contributed by atoms with van der Waals surface area (Å²) in [5.74, 6) is 0.324. The molecular weight excluding hydrogens is 290 g/mol. The first-order chi connectivity index (χ1) is 7.39. The fraction of sp³-hybridized carbons (Fsp3) is 0.455. The molecule has 0 unspecified atom stereocenters. The van der Waals surface area contributed by atoms with E-state index in [1.54, 1.807) is 0 Å². The molecule has 0 aliphatic heterocycles. The number of hydrogen-bond acceptors (Lipinski definition) is 3. The molecule has 0 fully saturated rings. The summed E-state index contributed by atoms with van der Waals surface area (Å²) < 4.78 is 24.5. The zero-order valence-corrected chi connectivity index (χ0v) is 11.9. The lowest BCUT2D eigenvalue weighted by atomic mass is 10.2. The van der Waals surface area contributed by atoms with Gasteiger partial charge in [-0.1, -0.05) is 28.1 Å². The Morgan fingerprint density at radius 2 is 1.75 bits per heavy atom. The van der Waals surface area contributed by atoms with E-state index in [-0.39, 0.29) is 11.5 Å². The molecule has 0 heterocycles. The van der Waals surface area contributed by atoms with E-state index in [1.165, 1.54) is 0 Å². The zero-order chi connectivity index (χ0) is 12.2. The molecule has 0 aliphatic carbocycles. The monoisotopic (exact) mass is 305 g/mol. The number of rotatable bonds is 5. The van der Waals surface area contributed by atoms with Crippen molar-refractivity contribution in [2.24, 2.45) is 0 Å². The number of nitrogens with zero attached hydrogens (tertiary/aromatic N) is 1. The fourth-order valence-corrected chi connectivity index (χ4v) is 2.98. The summed E-state index contributed by atoms with van der Waals surface area (Å²) in [4.78, 5) is 1.87. The largest absolute Gasteiger partial charge is 0.308 e. The lowest BCUT2D eigenvalue weighted by molar-refractivity contribution is 0.432. The van der Waals surface area contributed by atoms with Crippen LogP contribution >= 0.6 is 15.9 Å². The van der Waals surface area contributed by atoms with Gasteiger partial charge in [-0.05, 0) is 31.8 Å². The van der Waals surface area contributed by atoms with Crippen molar-refractivity contribution in [3.05, 3.63) is 34.3 Å². The molecule has 90 valence electrons. The van der Waals surface area contributed by atoms with Gasteiger partial charge in [0.25, 0.3) is 0 Å². The third-order valence-electron chi connectivity index (χ3n) is 2.15. The minimum absolute atomic E-state index is 0.119. The first-order valence-corrected chi connectivity index (χ1v) is 7.60. The van der Waals surface area contributed by atoms with E-state index >= 15 is 0 Å². The Hall–Kier alpha value is -0.390. The van der Waals surface area contributed by atoms with Crippen LogP contribution in [0.1, 0.15) is 5.56 Å². The van der Waals surface area contributed by atoms with Crippen LogP contribution in [0, 0.1) is 0 Å². The van der Waals surface area contributed by atoms with Crippen molar-refractivity contribution in [1.29, 1.82) is 0 Å². The fourth-order valence-electron chi connectivity index (χ4n) is 1.23. The maximum absolute atomic E-state index is 11.8. The molecule has 0 N–H and O–H groups in total. The van der Waals surface area contributed by atoms with Gasteiger partial charge in [0, 0.05) is 11.0 Å². The highest BCUT2D eigenvalue weighted by atomic mass is 79.9. The van der Waals surface area contributed by atoms with E-state index < -0.39 is 9.84 Å². The van der Waals surface area contributed by atoms with Gasteiger partial charge in [0.05, 0.1) is 11.5 Å². The molecule has 0 saturated carbocycles. The first kappa shape index (κ1) is 13.7. The van der Waals surface area contributed by atoms with Crippen LogP contribution in [0.4, 0.5) is 0 Å². The number of benzene rings is 1. The summed E-state index contributed by atoms with van der Waals surface area (Å²) in [5, 5.41) is 0. The maximum Gasteiger partial charge on any atom is 0.155 e. The van der Waals surface area contributed by atoms with Crippen LogP contribution in [-0.2, 0) is 15.6 Å². The Bertz CT molecular complexity index is 426. The zero-order valence-electron chi connectivity index (χ0n) is 9.48. The molecule has 0 aromatic heterocycles. The van der Waals surface area contributed by atoms with Crippen molar-refractivity contribution in [3.63, 3.8) is 0 Å². The van der Waals surface area contributed by atoms with Crippen LogP contribution in [0.15, 0.2) is 28.7 Å². The second-order valence-electron chi connectivity index (χ2n) is 4.02. The van der Waals surface area contributed by atoms with Gasteiger partial charge in [-0.25, -0.2) is 8.42 Å². The van der Waals surface area contributed by atoms with Gasteiger partial charge < -0.3 is 4.90 Å². The van der Waals surface area contributed by atoms with Gasteiger partial charge in [-0.3, -0.25) is 0 Å². The molecule has 0 spiro atoms. The Morgan fingerprint density at radius 1 is 1.19 bits per heavy atom. The number of halogens is 1.